The van der Waals surface area contributed by atoms with Crippen molar-refractivity contribution in [3.8, 4) is 11.8 Å². The van der Waals surface area contributed by atoms with Gasteiger partial charge in [0.2, 0.25) is 0 Å². The van der Waals surface area contributed by atoms with Crippen LogP contribution in [0.25, 0.3) is 0 Å². The van der Waals surface area contributed by atoms with E-state index in [1.807, 2.05) is 38.1 Å². The molecule has 102 valence electrons. The highest BCUT2D eigenvalue weighted by atomic mass is 16.5. The summed E-state index contributed by atoms with van der Waals surface area (Å²) in [6.45, 7) is 4.68. The van der Waals surface area contributed by atoms with Crippen LogP contribution in [0.4, 0.5) is 0 Å². The Morgan fingerprint density at radius 3 is 2.70 bits per heavy atom. The summed E-state index contributed by atoms with van der Waals surface area (Å²) in [4.78, 5) is 4.36. The summed E-state index contributed by atoms with van der Waals surface area (Å²) in [7, 11) is 0. The van der Waals surface area contributed by atoms with Crippen LogP contribution in [0.5, 0.6) is 5.75 Å². The van der Waals surface area contributed by atoms with Gasteiger partial charge in [-0.1, -0.05) is 6.07 Å². The minimum atomic E-state index is 0.351. The summed E-state index contributed by atoms with van der Waals surface area (Å²) < 4.78 is 5.80. The highest BCUT2D eigenvalue weighted by molar-refractivity contribution is 5.37. The van der Waals surface area contributed by atoms with E-state index in [2.05, 4.69) is 11.1 Å². The van der Waals surface area contributed by atoms with Crippen LogP contribution in [0.15, 0.2) is 30.3 Å². The molecule has 0 aliphatic carbocycles. The molecule has 0 spiro atoms. The Morgan fingerprint density at radius 2 is 2.05 bits per heavy atom. The SMILES string of the molecule is Cc1ccc(OCc2ccc(C#N)cc2C)c(CN)n1. The smallest absolute Gasteiger partial charge is 0.142 e. The van der Waals surface area contributed by atoms with Crippen LogP contribution < -0.4 is 10.5 Å². The topological polar surface area (TPSA) is 71.9 Å². The van der Waals surface area contributed by atoms with Gasteiger partial charge in [0.05, 0.1) is 17.3 Å². The summed E-state index contributed by atoms with van der Waals surface area (Å²) in [6, 6.07) is 11.5. The molecular weight excluding hydrogens is 250 g/mol. The first kappa shape index (κ1) is 14.0. The van der Waals surface area contributed by atoms with Gasteiger partial charge in [-0.3, -0.25) is 4.98 Å². The van der Waals surface area contributed by atoms with E-state index < -0.39 is 0 Å². The summed E-state index contributed by atoms with van der Waals surface area (Å²) >= 11 is 0. The molecule has 0 radical (unpaired) electrons. The number of benzene rings is 1. The highest BCUT2D eigenvalue weighted by Crippen LogP contribution is 2.19. The van der Waals surface area contributed by atoms with Crippen molar-refractivity contribution >= 4 is 0 Å². The van der Waals surface area contributed by atoms with Crippen molar-refractivity contribution in [2.75, 3.05) is 0 Å². The number of aryl methyl sites for hydroxylation is 2. The van der Waals surface area contributed by atoms with Gasteiger partial charge in [-0.05, 0) is 49.2 Å². The van der Waals surface area contributed by atoms with Crippen LogP contribution in [0, 0.1) is 25.2 Å². The van der Waals surface area contributed by atoms with Crippen LogP contribution in [-0.4, -0.2) is 4.98 Å². The molecule has 4 heteroatoms. The molecule has 0 aliphatic rings. The Hall–Kier alpha value is -2.38. The quantitative estimate of drug-likeness (QED) is 0.924. The second-order valence-electron chi connectivity index (χ2n) is 4.64. The van der Waals surface area contributed by atoms with E-state index in [0.29, 0.717) is 24.5 Å². The zero-order valence-corrected chi connectivity index (χ0v) is 11.7. The molecule has 2 N–H and O–H groups in total. The van der Waals surface area contributed by atoms with Crippen molar-refractivity contribution in [3.05, 3.63) is 58.4 Å². The lowest BCUT2D eigenvalue weighted by Crippen LogP contribution is -2.06. The normalized spacial score (nSPS) is 10.1. The second kappa shape index (κ2) is 6.18. The van der Waals surface area contributed by atoms with Gasteiger partial charge in [0.1, 0.15) is 12.4 Å². The van der Waals surface area contributed by atoms with E-state index in [0.717, 1.165) is 22.5 Å². The predicted octanol–water partition coefficient (Wildman–Crippen LogP) is 2.61. The fraction of sp³-hybridized carbons (Fsp3) is 0.250. The highest BCUT2D eigenvalue weighted by Gasteiger charge is 2.06. The summed E-state index contributed by atoms with van der Waals surface area (Å²) in [6.07, 6.45) is 0. The molecule has 0 unspecified atom stereocenters. The van der Waals surface area contributed by atoms with Crippen LogP contribution in [0.1, 0.15) is 28.1 Å². The molecule has 0 bridgehead atoms. The molecule has 1 aromatic carbocycles. The van der Waals surface area contributed by atoms with Crippen molar-refractivity contribution < 1.29 is 4.74 Å². The lowest BCUT2D eigenvalue weighted by Gasteiger charge is -2.12. The van der Waals surface area contributed by atoms with E-state index >= 15 is 0 Å². The molecule has 20 heavy (non-hydrogen) atoms. The van der Waals surface area contributed by atoms with E-state index in [1.165, 1.54) is 0 Å². The van der Waals surface area contributed by atoms with Crippen LogP contribution >= 0.6 is 0 Å². The van der Waals surface area contributed by atoms with Gasteiger partial charge in [0, 0.05) is 12.2 Å². The predicted molar refractivity (Wildman–Crippen MR) is 77.1 cm³/mol. The minimum absolute atomic E-state index is 0.351. The van der Waals surface area contributed by atoms with Gasteiger partial charge < -0.3 is 10.5 Å². The monoisotopic (exact) mass is 267 g/mol. The van der Waals surface area contributed by atoms with Gasteiger partial charge in [-0.25, -0.2) is 0 Å². The third-order valence-corrected chi connectivity index (χ3v) is 3.12. The number of pyridine rings is 1. The molecule has 2 rings (SSSR count). The van der Waals surface area contributed by atoms with Crippen molar-refractivity contribution in [3.63, 3.8) is 0 Å². The number of nitrogens with zero attached hydrogens (tertiary/aromatic N) is 2. The molecule has 4 nitrogen and oxygen atoms in total. The molecule has 1 aromatic heterocycles. The van der Waals surface area contributed by atoms with Crippen molar-refractivity contribution in [2.24, 2.45) is 5.73 Å². The van der Waals surface area contributed by atoms with Crippen molar-refractivity contribution in [1.29, 1.82) is 5.26 Å². The minimum Gasteiger partial charge on any atom is -0.487 e. The maximum Gasteiger partial charge on any atom is 0.142 e. The molecule has 2 aromatic rings. The average Bonchev–Trinajstić information content (AvgIpc) is 2.46. The lowest BCUT2D eigenvalue weighted by molar-refractivity contribution is 0.300. The van der Waals surface area contributed by atoms with Crippen LogP contribution in [-0.2, 0) is 13.2 Å². The number of ether oxygens (including phenoxy) is 1. The number of hydrogen-bond acceptors (Lipinski definition) is 4. The van der Waals surface area contributed by atoms with E-state index in [-0.39, 0.29) is 0 Å². The maximum atomic E-state index is 8.85. The molecule has 0 atom stereocenters. The van der Waals surface area contributed by atoms with Gasteiger partial charge in [0.15, 0.2) is 0 Å². The van der Waals surface area contributed by atoms with Crippen molar-refractivity contribution in [2.45, 2.75) is 27.0 Å². The Labute approximate surface area is 118 Å². The fourth-order valence-electron chi connectivity index (χ4n) is 1.96. The first-order chi connectivity index (χ1) is 9.63. The molecule has 0 aliphatic heterocycles. The number of rotatable bonds is 4. The van der Waals surface area contributed by atoms with Crippen LogP contribution in [0.2, 0.25) is 0 Å². The van der Waals surface area contributed by atoms with Gasteiger partial charge in [-0.2, -0.15) is 5.26 Å². The summed E-state index contributed by atoms with van der Waals surface area (Å²) in [5.74, 6) is 0.710. The molecule has 0 saturated heterocycles. The second-order valence-corrected chi connectivity index (χ2v) is 4.64. The van der Waals surface area contributed by atoms with Gasteiger partial charge in [-0.15, -0.1) is 0 Å². The first-order valence-corrected chi connectivity index (χ1v) is 6.43. The molecular formula is C16H17N3O. The van der Waals surface area contributed by atoms with Crippen molar-refractivity contribution in [1.82, 2.24) is 4.98 Å². The molecule has 0 saturated carbocycles. The Morgan fingerprint density at radius 1 is 1.25 bits per heavy atom. The number of hydrogen-bond donors (Lipinski definition) is 1. The number of nitrogens with two attached hydrogens (primary N) is 1. The Balaban J connectivity index is 2.15. The fourth-order valence-corrected chi connectivity index (χ4v) is 1.96. The largest absolute Gasteiger partial charge is 0.487 e. The molecule has 0 amide bonds. The zero-order valence-electron chi connectivity index (χ0n) is 11.7. The van der Waals surface area contributed by atoms with Gasteiger partial charge >= 0.3 is 0 Å². The maximum absolute atomic E-state index is 8.85. The average molecular weight is 267 g/mol. The third-order valence-electron chi connectivity index (χ3n) is 3.12. The zero-order chi connectivity index (χ0) is 14.5. The summed E-state index contributed by atoms with van der Waals surface area (Å²) in [5.41, 5.74) is 10.1. The summed E-state index contributed by atoms with van der Waals surface area (Å²) in [5, 5.41) is 8.85. The van der Waals surface area contributed by atoms with Crippen LogP contribution in [0.3, 0.4) is 0 Å². The number of nitriles is 1. The number of aromatic nitrogens is 1. The Bertz CT molecular complexity index is 659. The standard InChI is InChI=1S/C16H17N3O/c1-11-7-13(8-17)4-5-14(11)10-20-16-6-3-12(2)19-15(16)9-18/h3-7H,9-10,18H2,1-2H3. The van der Waals surface area contributed by atoms with E-state index in [4.69, 9.17) is 15.7 Å². The Kier molecular flexibility index (Phi) is 4.34. The third kappa shape index (κ3) is 3.14. The molecule has 1 heterocycles. The lowest BCUT2D eigenvalue weighted by atomic mass is 10.1. The van der Waals surface area contributed by atoms with Gasteiger partial charge in [0.25, 0.3) is 0 Å². The van der Waals surface area contributed by atoms with E-state index in [9.17, 15) is 0 Å². The molecule has 0 fully saturated rings. The van der Waals surface area contributed by atoms with E-state index in [1.54, 1.807) is 6.07 Å². The first-order valence-electron chi connectivity index (χ1n) is 6.43.